The van der Waals surface area contributed by atoms with E-state index in [0.29, 0.717) is 32.0 Å². The summed E-state index contributed by atoms with van der Waals surface area (Å²) in [4.78, 5) is 5.57. The quantitative estimate of drug-likeness (QED) is 0.449. The Morgan fingerprint density at radius 3 is 2.96 bits per heavy atom. The van der Waals surface area contributed by atoms with Gasteiger partial charge in [-0.2, -0.15) is 13.2 Å². The second kappa shape index (κ2) is 8.55. The van der Waals surface area contributed by atoms with Gasteiger partial charge < -0.3 is 10.6 Å². The minimum absolute atomic E-state index is 0.0287. The maximum Gasteiger partial charge on any atom is 0.401 e. The Hall–Kier alpha value is -2.36. The molecule has 3 rings (SSSR count). The van der Waals surface area contributed by atoms with Gasteiger partial charge in [-0.1, -0.05) is 6.07 Å². The van der Waals surface area contributed by atoms with Gasteiger partial charge in [0.1, 0.15) is 5.82 Å². The average molecular weight is 383 g/mol. The van der Waals surface area contributed by atoms with Crippen LogP contribution in [0.1, 0.15) is 18.7 Å². The third kappa shape index (κ3) is 5.56. The Labute approximate surface area is 155 Å². The molecular formula is C17H24F3N7. The number of aliphatic imine (C=N–C) groups is 1. The first-order valence-electron chi connectivity index (χ1n) is 8.99. The fourth-order valence-electron chi connectivity index (χ4n) is 3.25. The predicted octanol–water partition coefficient (Wildman–Crippen LogP) is 1.46. The van der Waals surface area contributed by atoms with E-state index in [9.17, 15) is 13.2 Å². The van der Waals surface area contributed by atoms with Gasteiger partial charge in [0.25, 0.3) is 0 Å². The smallest absolute Gasteiger partial charge is 0.356 e. The highest BCUT2D eigenvalue weighted by atomic mass is 19.4. The standard InChI is InChI=1S/C17H24F3N7/c1-21-16(23-13-7-10-26(11-13)12-17(18,19)20)22-8-4-6-15-25-24-14-5-2-3-9-27(14)15/h2-3,5,9,13H,4,6-8,10-12H2,1H3,(H2,21,22,23). The lowest BCUT2D eigenvalue weighted by Gasteiger charge is -2.19. The molecule has 0 amide bonds. The van der Waals surface area contributed by atoms with E-state index in [4.69, 9.17) is 0 Å². The average Bonchev–Trinajstić information content (AvgIpc) is 3.23. The van der Waals surface area contributed by atoms with Crippen molar-refractivity contribution in [1.82, 2.24) is 30.1 Å². The van der Waals surface area contributed by atoms with Gasteiger partial charge in [-0.3, -0.25) is 14.3 Å². The molecule has 0 saturated carbocycles. The zero-order valence-corrected chi connectivity index (χ0v) is 15.2. The van der Waals surface area contributed by atoms with Gasteiger partial charge in [-0.05, 0) is 25.0 Å². The molecule has 10 heteroatoms. The van der Waals surface area contributed by atoms with E-state index >= 15 is 0 Å². The number of alkyl halides is 3. The van der Waals surface area contributed by atoms with Crippen LogP contribution in [-0.4, -0.2) is 70.9 Å². The molecule has 1 aliphatic heterocycles. The van der Waals surface area contributed by atoms with Crippen LogP contribution in [0.4, 0.5) is 13.2 Å². The lowest BCUT2D eigenvalue weighted by molar-refractivity contribution is -0.143. The molecule has 1 aliphatic rings. The molecule has 2 aromatic rings. The van der Waals surface area contributed by atoms with Crippen LogP contribution in [0.5, 0.6) is 0 Å². The maximum absolute atomic E-state index is 12.5. The number of halogens is 3. The monoisotopic (exact) mass is 383 g/mol. The fraction of sp³-hybridized carbons (Fsp3) is 0.588. The van der Waals surface area contributed by atoms with Crippen molar-refractivity contribution in [3.63, 3.8) is 0 Å². The number of nitrogens with zero attached hydrogens (tertiary/aromatic N) is 5. The van der Waals surface area contributed by atoms with Crippen molar-refractivity contribution in [2.75, 3.05) is 33.2 Å². The molecule has 0 radical (unpaired) electrons. The molecule has 3 heterocycles. The second-order valence-corrected chi connectivity index (χ2v) is 6.63. The minimum atomic E-state index is -4.15. The summed E-state index contributed by atoms with van der Waals surface area (Å²) in [5.41, 5.74) is 0.822. The van der Waals surface area contributed by atoms with Crippen molar-refractivity contribution >= 4 is 11.6 Å². The minimum Gasteiger partial charge on any atom is -0.356 e. The summed E-state index contributed by atoms with van der Waals surface area (Å²) in [7, 11) is 1.66. The van der Waals surface area contributed by atoms with E-state index in [-0.39, 0.29) is 6.04 Å². The van der Waals surface area contributed by atoms with E-state index in [1.807, 2.05) is 28.8 Å². The Balaban J connectivity index is 1.40. The van der Waals surface area contributed by atoms with Gasteiger partial charge in [0.2, 0.25) is 0 Å². The normalized spacial score (nSPS) is 19.0. The number of aryl methyl sites for hydroxylation is 1. The lowest BCUT2D eigenvalue weighted by atomic mass is 10.2. The van der Waals surface area contributed by atoms with Gasteiger partial charge >= 0.3 is 6.18 Å². The van der Waals surface area contributed by atoms with Crippen LogP contribution in [0.15, 0.2) is 29.4 Å². The number of guanidine groups is 1. The van der Waals surface area contributed by atoms with Crippen LogP contribution in [0.25, 0.3) is 5.65 Å². The molecule has 1 fully saturated rings. The van der Waals surface area contributed by atoms with Crippen LogP contribution >= 0.6 is 0 Å². The SMILES string of the molecule is CN=C(NCCCc1nnc2ccccn12)NC1CCN(CC(F)(F)F)C1. The van der Waals surface area contributed by atoms with Gasteiger partial charge in [0.15, 0.2) is 11.6 Å². The van der Waals surface area contributed by atoms with E-state index in [0.717, 1.165) is 24.3 Å². The number of hydrogen-bond donors (Lipinski definition) is 2. The lowest BCUT2D eigenvalue weighted by Crippen LogP contribution is -2.45. The second-order valence-electron chi connectivity index (χ2n) is 6.63. The third-order valence-electron chi connectivity index (χ3n) is 4.49. The van der Waals surface area contributed by atoms with Crippen molar-refractivity contribution in [2.45, 2.75) is 31.5 Å². The van der Waals surface area contributed by atoms with Crippen molar-refractivity contribution in [1.29, 1.82) is 0 Å². The maximum atomic E-state index is 12.5. The summed E-state index contributed by atoms with van der Waals surface area (Å²) >= 11 is 0. The highest BCUT2D eigenvalue weighted by Gasteiger charge is 2.34. The number of pyridine rings is 1. The van der Waals surface area contributed by atoms with Crippen molar-refractivity contribution in [2.24, 2.45) is 4.99 Å². The molecule has 1 saturated heterocycles. The fourth-order valence-corrected chi connectivity index (χ4v) is 3.25. The first kappa shape index (κ1) is 19.4. The van der Waals surface area contributed by atoms with Crippen LogP contribution < -0.4 is 10.6 Å². The van der Waals surface area contributed by atoms with Crippen molar-refractivity contribution in [3.8, 4) is 0 Å². The summed E-state index contributed by atoms with van der Waals surface area (Å²) in [6, 6.07) is 5.74. The largest absolute Gasteiger partial charge is 0.401 e. The van der Waals surface area contributed by atoms with Crippen LogP contribution in [-0.2, 0) is 6.42 Å². The third-order valence-corrected chi connectivity index (χ3v) is 4.49. The molecule has 0 bridgehead atoms. The Bertz CT molecular complexity index is 771. The Kier molecular flexibility index (Phi) is 6.15. The zero-order valence-electron chi connectivity index (χ0n) is 15.2. The number of nitrogens with one attached hydrogen (secondary N) is 2. The first-order chi connectivity index (χ1) is 12.9. The van der Waals surface area contributed by atoms with Gasteiger partial charge in [0.05, 0.1) is 6.54 Å². The Morgan fingerprint density at radius 1 is 1.33 bits per heavy atom. The van der Waals surface area contributed by atoms with Gasteiger partial charge in [0, 0.05) is 45.3 Å². The molecular weight excluding hydrogens is 359 g/mol. The van der Waals surface area contributed by atoms with Crippen molar-refractivity contribution < 1.29 is 13.2 Å². The zero-order chi connectivity index (χ0) is 19.3. The van der Waals surface area contributed by atoms with E-state index in [1.165, 1.54) is 4.90 Å². The van der Waals surface area contributed by atoms with Crippen molar-refractivity contribution in [3.05, 3.63) is 30.2 Å². The summed E-state index contributed by atoms with van der Waals surface area (Å²) < 4.78 is 39.4. The number of hydrogen-bond acceptors (Lipinski definition) is 4. The van der Waals surface area contributed by atoms with Gasteiger partial charge in [-0.15, -0.1) is 10.2 Å². The number of likely N-dealkylation sites (tertiary alicyclic amines) is 1. The highest BCUT2D eigenvalue weighted by molar-refractivity contribution is 5.80. The molecule has 0 aromatic carbocycles. The molecule has 2 aromatic heterocycles. The molecule has 0 spiro atoms. The molecule has 0 aliphatic carbocycles. The topological polar surface area (TPSA) is 69.8 Å². The number of rotatable bonds is 6. The van der Waals surface area contributed by atoms with Gasteiger partial charge in [-0.25, -0.2) is 0 Å². The first-order valence-corrected chi connectivity index (χ1v) is 8.99. The molecule has 148 valence electrons. The molecule has 7 nitrogen and oxygen atoms in total. The van der Waals surface area contributed by atoms with Crippen LogP contribution in [0.2, 0.25) is 0 Å². The predicted molar refractivity (Wildman–Crippen MR) is 96.7 cm³/mol. The molecule has 1 unspecified atom stereocenters. The Morgan fingerprint density at radius 2 is 2.19 bits per heavy atom. The summed E-state index contributed by atoms with van der Waals surface area (Å²) in [5, 5.41) is 14.7. The highest BCUT2D eigenvalue weighted by Crippen LogP contribution is 2.19. The van der Waals surface area contributed by atoms with Crippen LogP contribution in [0.3, 0.4) is 0 Å². The molecule has 1 atom stereocenters. The summed E-state index contributed by atoms with van der Waals surface area (Å²) in [5.74, 6) is 1.51. The number of fused-ring (bicyclic) bond motifs is 1. The number of aromatic nitrogens is 3. The summed E-state index contributed by atoms with van der Waals surface area (Å²) in [6.07, 6.45) is 0.0494. The molecule has 2 N–H and O–H groups in total. The van der Waals surface area contributed by atoms with E-state index < -0.39 is 12.7 Å². The summed E-state index contributed by atoms with van der Waals surface area (Å²) in [6.45, 7) is 0.629. The van der Waals surface area contributed by atoms with E-state index in [2.05, 4.69) is 25.8 Å². The van der Waals surface area contributed by atoms with E-state index in [1.54, 1.807) is 7.05 Å². The van der Waals surface area contributed by atoms with Crippen LogP contribution in [0, 0.1) is 0 Å². The molecule has 27 heavy (non-hydrogen) atoms.